The second-order valence-electron chi connectivity index (χ2n) is 1.93. The average molecular weight is 142 g/mol. The number of nitrogens with zero attached hydrogens (tertiary/aromatic N) is 1. The molecule has 1 rings (SSSR count). The maximum Gasteiger partial charge on any atom is 0.258 e. The van der Waals surface area contributed by atoms with Crippen molar-refractivity contribution >= 4 is 0 Å². The van der Waals surface area contributed by atoms with Gasteiger partial charge in [0.15, 0.2) is 0 Å². The van der Waals surface area contributed by atoms with E-state index >= 15 is 0 Å². The van der Waals surface area contributed by atoms with Gasteiger partial charge in [0.05, 0.1) is 12.7 Å². The van der Waals surface area contributed by atoms with Crippen LogP contribution in [0.15, 0.2) is 4.52 Å². The topological polar surface area (TPSA) is 61.3 Å². The van der Waals surface area contributed by atoms with Crippen LogP contribution in [-0.4, -0.2) is 12.3 Å². The van der Waals surface area contributed by atoms with E-state index in [9.17, 15) is 0 Å². The highest BCUT2D eigenvalue weighted by atomic mass is 16.5. The maximum absolute atomic E-state index is 5.39. The van der Waals surface area contributed by atoms with Crippen LogP contribution >= 0.6 is 0 Å². The lowest BCUT2D eigenvalue weighted by atomic mass is 10.3. The maximum atomic E-state index is 5.39. The highest BCUT2D eigenvalue weighted by Crippen LogP contribution is 2.18. The Morgan fingerprint density at radius 3 is 2.80 bits per heavy atom. The van der Waals surface area contributed by atoms with Gasteiger partial charge in [0.1, 0.15) is 5.76 Å². The summed E-state index contributed by atoms with van der Waals surface area (Å²) in [5, 5.41) is 3.63. The molecule has 0 radical (unpaired) electrons. The van der Waals surface area contributed by atoms with E-state index in [-0.39, 0.29) is 0 Å². The van der Waals surface area contributed by atoms with Crippen molar-refractivity contribution in [1.29, 1.82) is 0 Å². The van der Waals surface area contributed by atoms with E-state index in [1.54, 1.807) is 6.92 Å². The molecule has 0 aliphatic heterocycles. The van der Waals surface area contributed by atoms with Crippen molar-refractivity contribution in [2.75, 3.05) is 7.11 Å². The number of aromatic nitrogens is 1. The molecule has 0 aliphatic rings. The molecule has 2 N–H and O–H groups in total. The Kier molecular flexibility index (Phi) is 1.91. The molecule has 0 fully saturated rings. The third-order valence-corrected chi connectivity index (χ3v) is 1.35. The zero-order valence-corrected chi connectivity index (χ0v) is 6.05. The molecule has 0 bridgehead atoms. The summed E-state index contributed by atoms with van der Waals surface area (Å²) in [6, 6.07) is 0. The van der Waals surface area contributed by atoms with Gasteiger partial charge in [-0.2, -0.15) is 0 Å². The molecule has 0 unspecified atom stereocenters. The van der Waals surface area contributed by atoms with Crippen LogP contribution < -0.4 is 10.5 Å². The first-order chi connectivity index (χ1) is 4.79. The van der Waals surface area contributed by atoms with Crippen LogP contribution in [0.5, 0.6) is 5.88 Å². The molecule has 0 saturated heterocycles. The van der Waals surface area contributed by atoms with Crippen LogP contribution in [0.1, 0.15) is 11.3 Å². The minimum Gasteiger partial charge on any atom is -0.479 e. The van der Waals surface area contributed by atoms with Gasteiger partial charge in [0.25, 0.3) is 5.88 Å². The van der Waals surface area contributed by atoms with E-state index in [0.29, 0.717) is 12.4 Å². The molecule has 56 valence electrons. The quantitative estimate of drug-likeness (QED) is 0.651. The van der Waals surface area contributed by atoms with E-state index in [2.05, 4.69) is 5.16 Å². The highest BCUT2D eigenvalue weighted by Gasteiger charge is 2.09. The Labute approximate surface area is 58.9 Å². The first-order valence-corrected chi connectivity index (χ1v) is 2.98. The standard InChI is InChI=1S/C6H10N2O2/c1-4-5(3-7)6(9-2)8-10-4/h3,7H2,1-2H3. The smallest absolute Gasteiger partial charge is 0.258 e. The normalized spacial score (nSPS) is 9.90. The lowest BCUT2D eigenvalue weighted by molar-refractivity contribution is 0.331. The minimum absolute atomic E-state index is 0.401. The monoisotopic (exact) mass is 142 g/mol. The second kappa shape index (κ2) is 2.70. The highest BCUT2D eigenvalue weighted by molar-refractivity contribution is 5.26. The molecule has 4 nitrogen and oxygen atoms in total. The van der Waals surface area contributed by atoms with Crippen molar-refractivity contribution in [3.05, 3.63) is 11.3 Å². The van der Waals surface area contributed by atoms with Crippen molar-refractivity contribution in [3.8, 4) is 5.88 Å². The Morgan fingerprint density at radius 2 is 2.40 bits per heavy atom. The van der Waals surface area contributed by atoms with Gasteiger partial charge in [0, 0.05) is 6.54 Å². The summed E-state index contributed by atoms with van der Waals surface area (Å²) in [5.41, 5.74) is 6.23. The lowest BCUT2D eigenvalue weighted by Crippen LogP contribution is -1.98. The summed E-state index contributed by atoms with van der Waals surface area (Å²) in [5.74, 6) is 1.21. The van der Waals surface area contributed by atoms with Crippen LogP contribution in [0.4, 0.5) is 0 Å². The molecule has 4 heteroatoms. The van der Waals surface area contributed by atoms with E-state index in [4.69, 9.17) is 15.0 Å². The molecule has 0 amide bonds. The van der Waals surface area contributed by atoms with E-state index in [1.165, 1.54) is 7.11 Å². The molecule has 1 heterocycles. The molecule has 1 aromatic rings. The SMILES string of the molecule is COc1noc(C)c1CN. The largest absolute Gasteiger partial charge is 0.479 e. The van der Waals surface area contributed by atoms with E-state index in [0.717, 1.165) is 11.3 Å². The number of hydrogen-bond acceptors (Lipinski definition) is 4. The molecule has 10 heavy (non-hydrogen) atoms. The zero-order valence-electron chi connectivity index (χ0n) is 6.05. The van der Waals surface area contributed by atoms with Crippen LogP contribution in [-0.2, 0) is 6.54 Å². The summed E-state index contributed by atoms with van der Waals surface area (Å²) in [4.78, 5) is 0. The number of methoxy groups -OCH3 is 1. The lowest BCUT2D eigenvalue weighted by Gasteiger charge is -1.94. The number of hydrogen-bond donors (Lipinski definition) is 1. The molecule has 0 spiro atoms. The third kappa shape index (κ3) is 0.974. The van der Waals surface area contributed by atoms with Crippen LogP contribution in [0, 0.1) is 6.92 Å². The summed E-state index contributed by atoms with van der Waals surface area (Å²) in [6.45, 7) is 2.20. The molecule has 0 saturated carbocycles. The zero-order chi connectivity index (χ0) is 7.56. The first kappa shape index (κ1) is 7.08. The van der Waals surface area contributed by atoms with Gasteiger partial charge in [-0.15, -0.1) is 0 Å². The molecule has 0 aromatic carbocycles. The fourth-order valence-corrected chi connectivity index (χ4v) is 0.762. The fraction of sp³-hybridized carbons (Fsp3) is 0.500. The van der Waals surface area contributed by atoms with Crippen LogP contribution in [0.2, 0.25) is 0 Å². The average Bonchev–Trinajstić information content (AvgIpc) is 2.30. The summed E-state index contributed by atoms with van der Waals surface area (Å²) >= 11 is 0. The second-order valence-corrected chi connectivity index (χ2v) is 1.93. The Bertz CT molecular complexity index is 220. The number of nitrogens with two attached hydrogens (primary N) is 1. The molecule has 1 aromatic heterocycles. The van der Waals surface area contributed by atoms with Crippen molar-refractivity contribution in [2.45, 2.75) is 13.5 Å². The number of ether oxygens (including phenoxy) is 1. The fourth-order valence-electron chi connectivity index (χ4n) is 0.762. The molecule has 0 aliphatic carbocycles. The van der Waals surface area contributed by atoms with E-state index < -0.39 is 0 Å². The number of aryl methyl sites for hydroxylation is 1. The van der Waals surface area contributed by atoms with Gasteiger partial charge >= 0.3 is 0 Å². The summed E-state index contributed by atoms with van der Waals surface area (Å²) in [6.07, 6.45) is 0. The van der Waals surface area contributed by atoms with Crippen LogP contribution in [0.25, 0.3) is 0 Å². The summed E-state index contributed by atoms with van der Waals surface area (Å²) < 4.78 is 9.69. The van der Waals surface area contributed by atoms with Gasteiger partial charge in [-0.25, -0.2) is 0 Å². The summed E-state index contributed by atoms with van der Waals surface area (Å²) in [7, 11) is 1.54. The Hall–Kier alpha value is -1.03. The van der Waals surface area contributed by atoms with Gasteiger partial charge < -0.3 is 15.0 Å². The molecular weight excluding hydrogens is 132 g/mol. The van der Waals surface area contributed by atoms with Gasteiger partial charge in [0.2, 0.25) is 0 Å². The Balaban J connectivity index is 3.01. The van der Waals surface area contributed by atoms with Gasteiger partial charge in [-0.1, -0.05) is 0 Å². The molecular formula is C6H10N2O2. The van der Waals surface area contributed by atoms with Crippen molar-refractivity contribution in [1.82, 2.24) is 5.16 Å². The predicted octanol–water partition coefficient (Wildman–Crippen LogP) is 0.450. The van der Waals surface area contributed by atoms with Gasteiger partial charge in [-0.05, 0) is 12.1 Å². The first-order valence-electron chi connectivity index (χ1n) is 2.98. The van der Waals surface area contributed by atoms with Crippen molar-refractivity contribution < 1.29 is 9.26 Å². The Morgan fingerprint density at radius 1 is 1.70 bits per heavy atom. The molecule has 0 atom stereocenters. The number of rotatable bonds is 2. The van der Waals surface area contributed by atoms with Gasteiger partial charge in [-0.3, -0.25) is 0 Å². The predicted molar refractivity (Wildman–Crippen MR) is 35.7 cm³/mol. The minimum atomic E-state index is 0.401. The van der Waals surface area contributed by atoms with Crippen molar-refractivity contribution in [2.24, 2.45) is 5.73 Å². The third-order valence-electron chi connectivity index (χ3n) is 1.35. The van der Waals surface area contributed by atoms with E-state index in [1.807, 2.05) is 0 Å². The van der Waals surface area contributed by atoms with Crippen LogP contribution in [0.3, 0.4) is 0 Å². The van der Waals surface area contributed by atoms with Crippen molar-refractivity contribution in [3.63, 3.8) is 0 Å².